The van der Waals surface area contributed by atoms with Crippen LogP contribution in [0.15, 0.2) is 18.7 Å². The number of nitrogens with zero attached hydrogens (tertiary/aromatic N) is 3. The van der Waals surface area contributed by atoms with E-state index in [1.165, 1.54) is 32.1 Å². The number of imidazole rings is 1. The maximum atomic E-state index is 5.90. The third-order valence-corrected chi connectivity index (χ3v) is 3.80. The van der Waals surface area contributed by atoms with Gasteiger partial charge in [0.15, 0.2) is 0 Å². The zero-order valence-electron chi connectivity index (χ0n) is 10.4. The first-order valence-electron chi connectivity index (χ1n) is 6.66. The lowest BCUT2D eigenvalue weighted by molar-refractivity contribution is 0.204. The van der Waals surface area contributed by atoms with Crippen LogP contribution in [0.3, 0.4) is 0 Å². The molecular formula is C13H22ClN3. The summed E-state index contributed by atoms with van der Waals surface area (Å²) in [6, 6.07) is 0.788. The van der Waals surface area contributed by atoms with Crippen molar-refractivity contribution >= 4 is 11.6 Å². The predicted molar refractivity (Wildman–Crippen MR) is 71.4 cm³/mol. The Balaban J connectivity index is 1.73. The first kappa shape index (κ1) is 12.9. The molecule has 0 amide bonds. The minimum atomic E-state index is 0.752. The van der Waals surface area contributed by atoms with Crippen molar-refractivity contribution in [3.63, 3.8) is 0 Å². The fourth-order valence-electron chi connectivity index (χ4n) is 2.73. The van der Waals surface area contributed by atoms with Crippen LogP contribution in [0.25, 0.3) is 0 Å². The van der Waals surface area contributed by atoms with E-state index in [9.17, 15) is 0 Å². The van der Waals surface area contributed by atoms with Gasteiger partial charge in [-0.1, -0.05) is 12.8 Å². The van der Waals surface area contributed by atoms with Gasteiger partial charge in [-0.2, -0.15) is 0 Å². The predicted octanol–water partition coefficient (Wildman–Crippen LogP) is 2.76. The fourth-order valence-corrected chi connectivity index (χ4v) is 2.95. The number of aryl methyl sites for hydroxylation is 1. The molecule has 0 N–H and O–H groups in total. The molecule has 1 aliphatic carbocycles. The third-order valence-electron chi connectivity index (χ3n) is 3.63. The Morgan fingerprint density at radius 2 is 2.12 bits per heavy atom. The van der Waals surface area contributed by atoms with Gasteiger partial charge in [0.25, 0.3) is 0 Å². The number of hydrogen-bond acceptors (Lipinski definition) is 2. The highest BCUT2D eigenvalue weighted by atomic mass is 35.5. The van der Waals surface area contributed by atoms with Crippen LogP contribution < -0.4 is 0 Å². The summed E-state index contributed by atoms with van der Waals surface area (Å²) in [6.45, 7) is 3.26. The Hall–Kier alpha value is -0.540. The van der Waals surface area contributed by atoms with Crippen LogP contribution >= 0.6 is 11.6 Å². The van der Waals surface area contributed by atoms with Crippen LogP contribution in [-0.2, 0) is 6.54 Å². The molecule has 0 spiro atoms. The van der Waals surface area contributed by atoms with E-state index < -0.39 is 0 Å². The smallest absolute Gasteiger partial charge is 0.0945 e. The maximum absolute atomic E-state index is 5.90. The molecule has 0 saturated heterocycles. The summed E-state index contributed by atoms with van der Waals surface area (Å²) in [5, 5.41) is 0. The van der Waals surface area contributed by atoms with E-state index in [2.05, 4.69) is 14.5 Å². The molecule has 1 fully saturated rings. The molecule has 4 heteroatoms. The van der Waals surface area contributed by atoms with Crippen LogP contribution in [0.2, 0.25) is 0 Å². The van der Waals surface area contributed by atoms with Crippen molar-refractivity contribution < 1.29 is 0 Å². The van der Waals surface area contributed by atoms with Crippen LogP contribution in [0.5, 0.6) is 0 Å². The fraction of sp³-hybridized carbons (Fsp3) is 0.769. The molecule has 0 bridgehead atoms. The molecule has 1 aliphatic rings. The first-order valence-corrected chi connectivity index (χ1v) is 7.19. The van der Waals surface area contributed by atoms with Crippen LogP contribution in [0, 0.1) is 0 Å². The molecule has 96 valence electrons. The molecule has 0 aliphatic heterocycles. The standard InChI is InChI=1S/C13H22ClN3/c14-6-10-17(13-4-1-2-5-13)9-3-8-16-11-7-15-12-16/h7,11-13H,1-6,8-10H2. The summed E-state index contributed by atoms with van der Waals surface area (Å²) in [7, 11) is 0. The molecule has 1 aromatic rings. The zero-order valence-corrected chi connectivity index (χ0v) is 11.1. The lowest BCUT2D eigenvalue weighted by Gasteiger charge is -2.28. The summed E-state index contributed by atoms with van der Waals surface area (Å²) >= 11 is 5.90. The van der Waals surface area contributed by atoms with Gasteiger partial charge >= 0.3 is 0 Å². The van der Waals surface area contributed by atoms with Crippen molar-refractivity contribution in [3.05, 3.63) is 18.7 Å². The molecule has 0 unspecified atom stereocenters. The lowest BCUT2D eigenvalue weighted by atomic mass is 10.2. The second kappa shape index (κ2) is 7.02. The monoisotopic (exact) mass is 255 g/mol. The van der Waals surface area contributed by atoms with Gasteiger partial charge in [-0.3, -0.25) is 4.90 Å². The van der Waals surface area contributed by atoms with E-state index in [4.69, 9.17) is 11.6 Å². The Kier molecular flexibility index (Phi) is 5.33. The van der Waals surface area contributed by atoms with Crippen molar-refractivity contribution in [2.24, 2.45) is 0 Å². The highest BCUT2D eigenvalue weighted by Gasteiger charge is 2.21. The summed E-state index contributed by atoms with van der Waals surface area (Å²) in [5.41, 5.74) is 0. The van der Waals surface area contributed by atoms with Crippen LogP contribution in [0.4, 0.5) is 0 Å². The summed E-state index contributed by atoms with van der Waals surface area (Å²) in [6.07, 6.45) is 12.5. The quantitative estimate of drug-likeness (QED) is 0.699. The van der Waals surface area contributed by atoms with Gasteiger partial charge in [0.05, 0.1) is 6.33 Å². The third kappa shape index (κ3) is 4.00. The van der Waals surface area contributed by atoms with Crippen LogP contribution in [-0.4, -0.2) is 39.5 Å². The Morgan fingerprint density at radius 1 is 1.29 bits per heavy atom. The molecule has 3 nitrogen and oxygen atoms in total. The number of alkyl halides is 1. The lowest BCUT2D eigenvalue weighted by Crippen LogP contribution is -2.36. The Morgan fingerprint density at radius 3 is 2.76 bits per heavy atom. The van der Waals surface area contributed by atoms with Crippen molar-refractivity contribution in [2.45, 2.75) is 44.7 Å². The molecule has 1 aromatic heterocycles. The Bertz CT molecular complexity index is 294. The average molecular weight is 256 g/mol. The maximum Gasteiger partial charge on any atom is 0.0945 e. The van der Waals surface area contributed by atoms with Gasteiger partial charge in [-0.05, 0) is 19.3 Å². The normalized spacial score (nSPS) is 17.1. The van der Waals surface area contributed by atoms with E-state index in [1.54, 1.807) is 0 Å². The van der Waals surface area contributed by atoms with Gasteiger partial charge in [0.2, 0.25) is 0 Å². The van der Waals surface area contributed by atoms with Crippen molar-refractivity contribution in [3.8, 4) is 0 Å². The molecular weight excluding hydrogens is 234 g/mol. The van der Waals surface area contributed by atoms with E-state index in [0.717, 1.165) is 31.6 Å². The van der Waals surface area contributed by atoms with Gasteiger partial charge in [-0.15, -0.1) is 11.6 Å². The highest BCUT2D eigenvalue weighted by molar-refractivity contribution is 6.18. The molecule has 0 radical (unpaired) electrons. The topological polar surface area (TPSA) is 21.1 Å². The van der Waals surface area contributed by atoms with Crippen LogP contribution in [0.1, 0.15) is 32.1 Å². The van der Waals surface area contributed by atoms with E-state index in [1.807, 2.05) is 18.7 Å². The number of rotatable bonds is 7. The highest BCUT2D eigenvalue weighted by Crippen LogP contribution is 2.23. The SMILES string of the molecule is ClCCN(CCCn1ccnc1)C1CCCC1. The molecule has 1 heterocycles. The van der Waals surface area contributed by atoms with Crippen molar-refractivity contribution in [1.29, 1.82) is 0 Å². The second-order valence-electron chi connectivity index (χ2n) is 4.82. The first-order chi connectivity index (χ1) is 8.40. The molecule has 0 atom stereocenters. The van der Waals surface area contributed by atoms with E-state index in [0.29, 0.717) is 0 Å². The number of aromatic nitrogens is 2. The second-order valence-corrected chi connectivity index (χ2v) is 5.20. The number of hydrogen-bond donors (Lipinski definition) is 0. The molecule has 0 aromatic carbocycles. The van der Waals surface area contributed by atoms with Crippen molar-refractivity contribution in [2.75, 3.05) is 19.0 Å². The van der Waals surface area contributed by atoms with Gasteiger partial charge in [0.1, 0.15) is 0 Å². The Labute approximate surface area is 109 Å². The van der Waals surface area contributed by atoms with Gasteiger partial charge in [-0.25, -0.2) is 4.98 Å². The zero-order chi connectivity index (χ0) is 11.9. The number of halogens is 1. The van der Waals surface area contributed by atoms with Crippen molar-refractivity contribution in [1.82, 2.24) is 14.5 Å². The van der Waals surface area contributed by atoms with E-state index >= 15 is 0 Å². The molecule has 1 saturated carbocycles. The summed E-state index contributed by atoms with van der Waals surface area (Å²) in [4.78, 5) is 6.64. The van der Waals surface area contributed by atoms with Gasteiger partial charge in [0, 0.05) is 43.9 Å². The molecule has 17 heavy (non-hydrogen) atoms. The summed E-state index contributed by atoms with van der Waals surface area (Å²) in [5.74, 6) is 0.752. The summed E-state index contributed by atoms with van der Waals surface area (Å²) < 4.78 is 2.15. The average Bonchev–Trinajstić information content (AvgIpc) is 3.01. The molecule has 2 rings (SSSR count). The van der Waals surface area contributed by atoms with E-state index in [-0.39, 0.29) is 0 Å². The minimum absolute atomic E-state index is 0.752. The minimum Gasteiger partial charge on any atom is -0.337 e. The van der Waals surface area contributed by atoms with Gasteiger partial charge < -0.3 is 4.57 Å². The largest absolute Gasteiger partial charge is 0.337 e.